The van der Waals surface area contributed by atoms with E-state index in [-0.39, 0.29) is 12.0 Å². The molecule has 18 heavy (non-hydrogen) atoms. The van der Waals surface area contributed by atoms with E-state index in [2.05, 4.69) is 15.6 Å². The average molecular weight is 251 g/mol. The molecule has 0 fully saturated rings. The maximum Gasteiger partial charge on any atom is 0.221 e. The molecular formula is C13H21N3O2. The van der Waals surface area contributed by atoms with Gasteiger partial charge in [0.2, 0.25) is 5.91 Å². The number of carbonyl (C=O) groups is 1. The molecule has 1 amide bonds. The van der Waals surface area contributed by atoms with Gasteiger partial charge in [-0.1, -0.05) is 0 Å². The molecule has 0 radical (unpaired) electrons. The summed E-state index contributed by atoms with van der Waals surface area (Å²) in [7, 11) is 0. The normalized spacial score (nSPS) is 10.2. The van der Waals surface area contributed by atoms with Crippen LogP contribution in [-0.4, -0.2) is 30.1 Å². The highest BCUT2D eigenvalue weighted by Crippen LogP contribution is 2.21. The number of rotatable bonds is 7. The Hall–Kier alpha value is -1.78. The minimum atomic E-state index is 0.0345. The fraction of sp³-hybridized carbons (Fsp3) is 0.538. The summed E-state index contributed by atoms with van der Waals surface area (Å²) in [5.41, 5.74) is 0. The smallest absolute Gasteiger partial charge is 0.221 e. The molecule has 0 aliphatic rings. The maximum atomic E-state index is 11.3. The van der Waals surface area contributed by atoms with E-state index in [1.165, 1.54) is 0 Å². The van der Waals surface area contributed by atoms with Crippen LogP contribution in [0.2, 0.25) is 0 Å². The number of hydrogen-bond acceptors (Lipinski definition) is 4. The number of carbonyl (C=O) groups excluding carboxylic acids is 1. The van der Waals surface area contributed by atoms with Gasteiger partial charge in [-0.2, -0.15) is 0 Å². The van der Waals surface area contributed by atoms with Gasteiger partial charge in [-0.3, -0.25) is 4.79 Å². The first-order chi connectivity index (χ1) is 8.63. The van der Waals surface area contributed by atoms with Crippen LogP contribution in [0.1, 0.15) is 27.2 Å². The monoisotopic (exact) mass is 251 g/mol. The summed E-state index contributed by atoms with van der Waals surface area (Å²) in [6.45, 7) is 7.02. The number of nitrogens with zero attached hydrogens (tertiary/aromatic N) is 1. The molecule has 0 unspecified atom stereocenters. The Kier molecular flexibility index (Phi) is 5.97. The molecule has 0 aliphatic heterocycles. The van der Waals surface area contributed by atoms with Crippen molar-refractivity contribution in [1.82, 2.24) is 10.3 Å². The van der Waals surface area contributed by atoms with Crippen LogP contribution in [0.3, 0.4) is 0 Å². The third-order valence-electron chi connectivity index (χ3n) is 2.15. The van der Waals surface area contributed by atoms with E-state index in [1.807, 2.05) is 32.9 Å². The van der Waals surface area contributed by atoms with Crippen LogP contribution in [-0.2, 0) is 4.79 Å². The molecular weight excluding hydrogens is 230 g/mol. The third-order valence-corrected chi connectivity index (χ3v) is 2.15. The Bertz CT molecular complexity index is 380. The van der Waals surface area contributed by atoms with Crippen LogP contribution < -0.4 is 15.4 Å². The molecule has 5 heteroatoms. The largest absolute Gasteiger partial charge is 0.487 e. The third kappa shape index (κ3) is 5.03. The van der Waals surface area contributed by atoms with Crippen LogP contribution >= 0.6 is 0 Å². The van der Waals surface area contributed by atoms with Gasteiger partial charge in [0.1, 0.15) is 0 Å². The lowest BCUT2D eigenvalue weighted by Crippen LogP contribution is -2.25. The zero-order valence-electron chi connectivity index (χ0n) is 11.2. The summed E-state index contributed by atoms with van der Waals surface area (Å²) < 4.78 is 5.62. The molecule has 0 saturated heterocycles. The minimum absolute atomic E-state index is 0.0345. The fourth-order valence-corrected chi connectivity index (χ4v) is 1.45. The zero-order chi connectivity index (χ0) is 13.4. The summed E-state index contributed by atoms with van der Waals surface area (Å²) in [6, 6.07) is 3.69. The van der Waals surface area contributed by atoms with Crippen LogP contribution in [0.4, 0.5) is 5.82 Å². The highest BCUT2D eigenvalue weighted by molar-refractivity contribution is 5.76. The second-order valence-corrected chi connectivity index (χ2v) is 4.15. The molecule has 0 atom stereocenters. The van der Waals surface area contributed by atoms with Crippen LogP contribution in [0.15, 0.2) is 18.3 Å². The standard InChI is InChI=1S/C13H21N3O2/c1-4-14-12(17)7-9-16-13-11(18-10(2)3)6-5-8-15-13/h5-6,8,10H,4,7,9H2,1-3H3,(H,14,17)(H,15,16). The summed E-state index contributed by atoms with van der Waals surface area (Å²) in [5, 5.41) is 5.86. The second kappa shape index (κ2) is 7.53. The van der Waals surface area contributed by atoms with Crippen molar-refractivity contribution in [3.05, 3.63) is 18.3 Å². The van der Waals surface area contributed by atoms with Crippen LogP contribution in [0, 0.1) is 0 Å². The van der Waals surface area contributed by atoms with Crippen molar-refractivity contribution in [3.63, 3.8) is 0 Å². The molecule has 0 aromatic carbocycles. The van der Waals surface area contributed by atoms with E-state index in [4.69, 9.17) is 4.74 Å². The molecule has 2 N–H and O–H groups in total. The number of nitrogens with one attached hydrogen (secondary N) is 2. The van der Waals surface area contributed by atoms with Crippen molar-refractivity contribution in [1.29, 1.82) is 0 Å². The van der Waals surface area contributed by atoms with E-state index < -0.39 is 0 Å². The van der Waals surface area contributed by atoms with Crippen molar-refractivity contribution >= 4 is 11.7 Å². The van der Waals surface area contributed by atoms with Gasteiger partial charge in [0.05, 0.1) is 6.10 Å². The number of ether oxygens (including phenoxy) is 1. The first kappa shape index (κ1) is 14.3. The van der Waals surface area contributed by atoms with E-state index >= 15 is 0 Å². The summed E-state index contributed by atoms with van der Waals surface area (Å²) in [5.74, 6) is 1.42. The molecule has 0 saturated carbocycles. The maximum absolute atomic E-state index is 11.3. The average Bonchev–Trinajstić information content (AvgIpc) is 2.31. The molecule has 100 valence electrons. The van der Waals surface area contributed by atoms with E-state index in [0.29, 0.717) is 31.1 Å². The predicted molar refractivity (Wildman–Crippen MR) is 71.8 cm³/mol. The van der Waals surface area contributed by atoms with Crippen LogP contribution in [0.25, 0.3) is 0 Å². The molecule has 0 aliphatic carbocycles. The highest BCUT2D eigenvalue weighted by atomic mass is 16.5. The Morgan fingerprint density at radius 3 is 2.94 bits per heavy atom. The SMILES string of the molecule is CCNC(=O)CCNc1ncccc1OC(C)C. The molecule has 1 aromatic heterocycles. The van der Waals surface area contributed by atoms with E-state index in [0.717, 1.165) is 0 Å². The van der Waals surface area contributed by atoms with Gasteiger partial charge >= 0.3 is 0 Å². The predicted octanol–water partition coefficient (Wildman–Crippen LogP) is 1.81. The van der Waals surface area contributed by atoms with Crippen molar-refractivity contribution in [2.24, 2.45) is 0 Å². The molecule has 5 nitrogen and oxygen atoms in total. The van der Waals surface area contributed by atoms with E-state index in [1.54, 1.807) is 6.20 Å². The quantitative estimate of drug-likeness (QED) is 0.775. The highest BCUT2D eigenvalue weighted by Gasteiger charge is 2.06. The minimum Gasteiger partial charge on any atom is -0.487 e. The number of anilines is 1. The Morgan fingerprint density at radius 1 is 1.50 bits per heavy atom. The number of amides is 1. The zero-order valence-corrected chi connectivity index (χ0v) is 11.2. The lowest BCUT2D eigenvalue weighted by Gasteiger charge is -2.14. The number of hydrogen-bond donors (Lipinski definition) is 2. The molecule has 1 aromatic rings. The van der Waals surface area contributed by atoms with Crippen molar-refractivity contribution < 1.29 is 9.53 Å². The van der Waals surface area contributed by atoms with Crippen molar-refractivity contribution in [2.75, 3.05) is 18.4 Å². The van der Waals surface area contributed by atoms with Crippen molar-refractivity contribution in [2.45, 2.75) is 33.3 Å². The van der Waals surface area contributed by atoms with Gasteiger partial charge in [0.15, 0.2) is 11.6 Å². The summed E-state index contributed by atoms with van der Waals surface area (Å²) >= 11 is 0. The molecule has 1 rings (SSSR count). The van der Waals surface area contributed by atoms with Gasteiger partial charge in [0, 0.05) is 25.7 Å². The topological polar surface area (TPSA) is 63.2 Å². The molecule has 1 heterocycles. The number of aromatic nitrogens is 1. The number of pyridine rings is 1. The van der Waals surface area contributed by atoms with Gasteiger partial charge in [-0.15, -0.1) is 0 Å². The summed E-state index contributed by atoms with van der Waals surface area (Å²) in [4.78, 5) is 15.5. The summed E-state index contributed by atoms with van der Waals surface area (Å²) in [6.07, 6.45) is 2.21. The molecule has 0 spiro atoms. The van der Waals surface area contributed by atoms with Gasteiger partial charge in [-0.05, 0) is 32.9 Å². The fourth-order valence-electron chi connectivity index (χ4n) is 1.45. The Balaban J connectivity index is 2.48. The van der Waals surface area contributed by atoms with Crippen LogP contribution in [0.5, 0.6) is 5.75 Å². The lowest BCUT2D eigenvalue weighted by molar-refractivity contribution is -0.120. The molecule has 0 bridgehead atoms. The first-order valence-electron chi connectivity index (χ1n) is 6.25. The second-order valence-electron chi connectivity index (χ2n) is 4.15. The Morgan fingerprint density at radius 2 is 2.28 bits per heavy atom. The van der Waals surface area contributed by atoms with Crippen molar-refractivity contribution in [3.8, 4) is 5.75 Å². The van der Waals surface area contributed by atoms with Gasteiger partial charge in [-0.25, -0.2) is 4.98 Å². The van der Waals surface area contributed by atoms with E-state index in [9.17, 15) is 4.79 Å². The van der Waals surface area contributed by atoms with Gasteiger partial charge in [0.25, 0.3) is 0 Å². The first-order valence-corrected chi connectivity index (χ1v) is 6.25. The van der Waals surface area contributed by atoms with Gasteiger partial charge < -0.3 is 15.4 Å². The Labute approximate surface area is 108 Å². The lowest BCUT2D eigenvalue weighted by atomic mass is 10.3.